The molecule has 0 radical (unpaired) electrons. The number of ketones is 1. The number of carbonyl (C=O) groups is 1. The Bertz CT molecular complexity index is 264. The fourth-order valence-corrected chi connectivity index (χ4v) is 3.17. The molecule has 0 heterocycles. The second kappa shape index (κ2) is 2.97. The van der Waals surface area contributed by atoms with E-state index >= 15 is 0 Å². The molecule has 0 aromatic carbocycles. The van der Waals surface area contributed by atoms with Crippen LogP contribution in [0, 0.1) is 11.3 Å². The lowest BCUT2D eigenvalue weighted by Gasteiger charge is -2.35. The average molecular weight is 178 g/mol. The first-order valence-corrected chi connectivity index (χ1v) is 5.37. The summed E-state index contributed by atoms with van der Waals surface area (Å²) in [5.74, 6) is 0.996. The van der Waals surface area contributed by atoms with Gasteiger partial charge in [-0.05, 0) is 36.7 Å². The van der Waals surface area contributed by atoms with Crippen molar-refractivity contribution < 1.29 is 4.79 Å². The third-order valence-corrected chi connectivity index (χ3v) is 3.90. The monoisotopic (exact) mass is 178 g/mol. The van der Waals surface area contributed by atoms with Crippen LogP contribution < -0.4 is 0 Å². The molecule has 0 N–H and O–H groups in total. The molecule has 0 saturated heterocycles. The molecule has 2 aliphatic rings. The van der Waals surface area contributed by atoms with Gasteiger partial charge in [0.15, 0.2) is 5.78 Å². The number of Topliss-reactive ketones (excluding diaryl/α,β-unsaturated/α-hetero) is 1. The second-order valence-electron chi connectivity index (χ2n) is 4.80. The summed E-state index contributed by atoms with van der Waals surface area (Å²) in [5, 5.41) is 0. The van der Waals surface area contributed by atoms with Gasteiger partial charge in [-0.25, -0.2) is 0 Å². The van der Waals surface area contributed by atoms with Gasteiger partial charge in [0.2, 0.25) is 0 Å². The zero-order valence-corrected chi connectivity index (χ0v) is 8.60. The highest BCUT2D eigenvalue weighted by molar-refractivity contribution is 5.99. The Hall–Kier alpha value is -0.590. The van der Waals surface area contributed by atoms with Crippen LogP contribution in [0.25, 0.3) is 0 Å². The molecule has 2 atom stereocenters. The average Bonchev–Trinajstić information content (AvgIpc) is 2.34. The minimum absolute atomic E-state index is 0.317. The molecular weight excluding hydrogens is 160 g/mol. The van der Waals surface area contributed by atoms with Crippen molar-refractivity contribution >= 4 is 5.78 Å². The summed E-state index contributed by atoms with van der Waals surface area (Å²) in [5.41, 5.74) is 1.44. The Labute approximate surface area is 80.2 Å². The van der Waals surface area contributed by atoms with Gasteiger partial charge in [0, 0.05) is 6.42 Å². The van der Waals surface area contributed by atoms with Crippen molar-refractivity contribution in [1.29, 1.82) is 0 Å². The SMILES string of the molecule is C/C=C1/C(=O)C[C@@]2(C)CCCC[C@@H]12. The maximum absolute atomic E-state index is 11.7. The normalized spacial score (nSPS) is 42.5. The van der Waals surface area contributed by atoms with Gasteiger partial charge in [0.1, 0.15) is 0 Å². The van der Waals surface area contributed by atoms with Gasteiger partial charge in [-0.2, -0.15) is 0 Å². The van der Waals surface area contributed by atoms with E-state index in [1.807, 2.05) is 13.0 Å². The van der Waals surface area contributed by atoms with Crippen molar-refractivity contribution in [2.24, 2.45) is 11.3 Å². The van der Waals surface area contributed by atoms with E-state index in [0.717, 1.165) is 12.0 Å². The number of hydrogen-bond acceptors (Lipinski definition) is 1. The highest BCUT2D eigenvalue weighted by Crippen LogP contribution is 2.52. The molecule has 0 aromatic rings. The number of allylic oxidation sites excluding steroid dienone is 2. The summed E-state index contributed by atoms with van der Waals surface area (Å²) in [6.07, 6.45) is 7.96. The van der Waals surface area contributed by atoms with Gasteiger partial charge < -0.3 is 0 Å². The molecule has 0 spiro atoms. The van der Waals surface area contributed by atoms with Gasteiger partial charge >= 0.3 is 0 Å². The van der Waals surface area contributed by atoms with Crippen LogP contribution in [0.3, 0.4) is 0 Å². The lowest BCUT2D eigenvalue weighted by molar-refractivity contribution is -0.115. The van der Waals surface area contributed by atoms with Gasteiger partial charge in [-0.1, -0.05) is 25.8 Å². The molecule has 0 bridgehead atoms. The van der Waals surface area contributed by atoms with E-state index < -0.39 is 0 Å². The predicted molar refractivity (Wildman–Crippen MR) is 53.4 cm³/mol. The highest BCUT2D eigenvalue weighted by atomic mass is 16.1. The maximum Gasteiger partial charge on any atom is 0.159 e. The van der Waals surface area contributed by atoms with Crippen LogP contribution >= 0.6 is 0 Å². The molecule has 0 unspecified atom stereocenters. The van der Waals surface area contributed by atoms with Crippen molar-refractivity contribution in [1.82, 2.24) is 0 Å². The van der Waals surface area contributed by atoms with Crippen LogP contribution in [0.4, 0.5) is 0 Å². The van der Waals surface area contributed by atoms with Crippen molar-refractivity contribution in [3.8, 4) is 0 Å². The van der Waals surface area contributed by atoms with E-state index in [4.69, 9.17) is 0 Å². The Kier molecular flexibility index (Phi) is 2.05. The summed E-state index contributed by atoms with van der Waals surface area (Å²) < 4.78 is 0. The number of rotatable bonds is 0. The van der Waals surface area contributed by atoms with E-state index in [2.05, 4.69) is 6.92 Å². The van der Waals surface area contributed by atoms with E-state index in [1.54, 1.807) is 0 Å². The van der Waals surface area contributed by atoms with Gasteiger partial charge in [-0.3, -0.25) is 4.79 Å². The highest BCUT2D eigenvalue weighted by Gasteiger charge is 2.47. The molecule has 0 aliphatic heterocycles. The minimum atomic E-state index is 0.317. The molecule has 0 amide bonds. The molecule has 2 rings (SSSR count). The van der Waals surface area contributed by atoms with E-state index in [9.17, 15) is 4.79 Å². The fraction of sp³-hybridized carbons (Fsp3) is 0.750. The number of carbonyl (C=O) groups excluding carboxylic acids is 1. The fourth-order valence-electron chi connectivity index (χ4n) is 3.17. The Morgan fingerprint density at radius 3 is 2.92 bits per heavy atom. The molecule has 0 aromatic heterocycles. The number of hydrogen-bond donors (Lipinski definition) is 0. The first-order chi connectivity index (χ1) is 6.17. The zero-order valence-electron chi connectivity index (χ0n) is 8.60. The van der Waals surface area contributed by atoms with E-state index in [-0.39, 0.29) is 0 Å². The quantitative estimate of drug-likeness (QED) is 0.521. The third kappa shape index (κ3) is 1.25. The van der Waals surface area contributed by atoms with Crippen LogP contribution in [0.15, 0.2) is 11.6 Å². The van der Waals surface area contributed by atoms with Gasteiger partial charge in [-0.15, -0.1) is 0 Å². The van der Waals surface area contributed by atoms with Crippen LogP contribution in [0.5, 0.6) is 0 Å². The molecule has 2 aliphatic carbocycles. The van der Waals surface area contributed by atoms with Gasteiger partial charge in [0.25, 0.3) is 0 Å². The van der Waals surface area contributed by atoms with Crippen LogP contribution in [0.2, 0.25) is 0 Å². The van der Waals surface area contributed by atoms with Crippen molar-refractivity contribution in [3.63, 3.8) is 0 Å². The van der Waals surface area contributed by atoms with Crippen LogP contribution in [-0.2, 0) is 4.79 Å². The maximum atomic E-state index is 11.7. The van der Waals surface area contributed by atoms with Crippen molar-refractivity contribution in [2.75, 3.05) is 0 Å². The number of fused-ring (bicyclic) bond motifs is 1. The van der Waals surface area contributed by atoms with Gasteiger partial charge in [0.05, 0.1) is 0 Å². The molecular formula is C12H18O. The molecule has 2 saturated carbocycles. The Balaban J connectivity index is 2.33. The topological polar surface area (TPSA) is 17.1 Å². The second-order valence-corrected chi connectivity index (χ2v) is 4.80. The summed E-state index contributed by atoms with van der Waals surface area (Å²) in [7, 11) is 0. The zero-order chi connectivity index (χ0) is 9.47. The lowest BCUT2D eigenvalue weighted by Crippen LogP contribution is -2.26. The summed E-state index contributed by atoms with van der Waals surface area (Å²) in [4.78, 5) is 11.7. The molecule has 13 heavy (non-hydrogen) atoms. The summed E-state index contributed by atoms with van der Waals surface area (Å²) in [6.45, 7) is 4.30. The molecule has 2 fully saturated rings. The largest absolute Gasteiger partial charge is 0.295 e. The first-order valence-electron chi connectivity index (χ1n) is 5.37. The Morgan fingerprint density at radius 2 is 2.23 bits per heavy atom. The van der Waals surface area contributed by atoms with Crippen LogP contribution in [-0.4, -0.2) is 5.78 Å². The lowest BCUT2D eigenvalue weighted by atomic mass is 9.69. The smallest absolute Gasteiger partial charge is 0.159 e. The van der Waals surface area contributed by atoms with Crippen molar-refractivity contribution in [2.45, 2.75) is 46.0 Å². The minimum Gasteiger partial charge on any atom is -0.295 e. The first kappa shape index (κ1) is 8.98. The summed E-state index contributed by atoms with van der Waals surface area (Å²) in [6, 6.07) is 0. The van der Waals surface area contributed by atoms with Crippen molar-refractivity contribution in [3.05, 3.63) is 11.6 Å². The van der Waals surface area contributed by atoms with Crippen LogP contribution in [0.1, 0.15) is 46.0 Å². The van der Waals surface area contributed by atoms with E-state index in [1.165, 1.54) is 25.7 Å². The molecule has 1 nitrogen and oxygen atoms in total. The molecule has 1 heteroatoms. The predicted octanol–water partition coefficient (Wildman–Crippen LogP) is 3.10. The molecule has 72 valence electrons. The standard InChI is InChI=1S/C12H18O/c1-3-9-10-6-4-5-7-12(10,2)8-11(9)13/h3,10H,4-8H2,1-2H3/b9-3+/t10-,12+/m0/s1. The summed E-state index contributed by atoms with van der Waals surface area (Å²) >= 11 is 0. The van der Waals surface area contributed by atoms with E-state index in [0.29, 0.717) is 17.1 Å². The third-order valence-electron chi connectivity index (χ3n) is 3.90. The Morgan fingerprint density at radius 1 is 1.46 bits per heavy atom.